The molecule has 1 atom stereocenters. The molecule has 0 heterocycles. The van der Waals surface area contributed by atoms with Crippen LogP contribution in [0.2, 0.25) is 0 Å². The molecule has 144 valence electrons. The Labute approximate surface area is 155 Å². The first-order valence-electron chi connectivity index (χ1n) is 9.52. The Hall–Kier alpha value is -2.11. The molecule has 0 spiro atoms. The number of halogens is 1. The van der Waals surface area contributed by atoms with Gasteiger partial charge in [0.25, 0.3) is 0 Å². The summed E-state index contributed by atoms with van der Waals surface area (Å²) in [6, 6.07) is 5.46. The molecule has 0 saturated heterocycles. The fourth-order valence-corrected chi connectivity index (χ4v) is 3.20. The highest BCUT2D eigenvalue weighted by Crippen LogP contribution is 2.17. The average molecular weight is 362 g/mol. The predicted molar refractivity (Wildman–Crippen MR) is 104 cm³/mol. The molecule has 26 heavy (non-hydrogen) atoms. The third kappa shape index (κ3) is 6.32. The maximum atomic E-state index is 13.7. The summed E-state index contributed by atoms with van der Waals surface area (Å²) in [5, 5.41) is 9.48. The van der Waals surface area contributed by atoms with E-state index in [2.05, 4.69) is 20.9 Å². The number of benzene rings is 1. The number of aliphatic imine (C=N–C) groups is 1. The quantitative estimate of drug-likeness (QED) is 0.538. The van der Waals surface area contributed by atoms with Gasteiger partial charge in [0.05, 0.1) is 6.04 Å². The first kappa shape index (κ1) is 20.2. The zero-order valence-electron chi connectivity index (χ0n) is 16.1. The number of nitrogens with one attached hydrogen (secondary N) is 3. The molecule has 1 aromatic carbocycles. The highest BCUT2D eigenvalue weighted by Gasteiger charge is 2.15. The van der Waals surface area contributed by atoms with Crippen molar-refractivity contribution in [2.75, 3.05) is 13.6 Å². The molecule has 5 nitrogen and oxygen atoms in total. The van der Waals surface area contributed by atoms with Gasteiger partial charge in [-0.15, -0.1) is 0 Å². The van der Waals surface area contributed by atoms with E-state index in [9.17, 15) is 9.18 Å². The van der Waals surface area contributed by atoms with E-state index < -0.39 is 0 Å². The minimum atomic E-state index is -0.210. The Kier molecular flexibility index (Phi) is 7.88. The summed E-state index contributed by atoms with van der Waals surface area (Å²) in [5.74, 6) is 0.468. The van der Waals surface area contributed by atoms with Crippen LogP contribution in [0.5, 0.6) is 0 Å². The molecule has 1 fully saturated rings. The standard InChI is InChI=1S/C20H31FN4O/c1-14-9-10-16(13-18(14)21)15(2)24-20(22-3)23-12-11-19(26)25-17-7-5-4-6-8-17/h9-10,13,15,17H,4-8,11-12H2,1-3H3,(H,25,26)(H2,22,23,24). The predicted octanol–water partition coefficient (Wildman–Crippen LogP) is 3.20. The molecule has 1 unspecified atom stereocenters. The van der Waals surface area contributed by atoms with E-state index >= 15 is 0 Å². The molecule has 0 aromatic heterocycles. The smallest absolute Gasteiger partial charge is 0.221 e. The lowest BCUT2D eigenvalue weighted by atomic mass is 9.95. The van der Waals surface area contributed by atoms with Crippen LogP contribution in [0.25, 0.3) is 0 Å². The van der Waals surface area contributed by atoms with Crippen molar-refractivity contribution in [2.45, 2.75) is 64.5 Å². The summed E-state index contributed by atoms with van der Waals surface area (Å²) < 4.78 is 13.7. The molecular formula is C20H31FN4O. The Balaban J connectivity index is 1.74. The molecule has 1 amide bonds. The van der Waals surface area contributed by atoms with E-state index in [1.54, 1.807) is 20.0 Å². The molecule has 1 aromatic rings. The molecule has 1 aliphatic carbocycles. The molecule has 2 rings (SSSR count). The van der Waals surface area contributed by atoms with E-state index in [-0.39, 0.29) is 17.8 Å². The summed E-state index contributed by atoms with van der Waals surface area (Å²) in [6.07, 6.45) is 6.28. The molecule has 0 bridgehead atoms. The molecule has 0 aliphatic heterocycles. The maximum absolute atomic E-state index is 13.7. The second-order valence-corrected chi connectivity index (χ2v) is 7.03. The van der Waals surface area contributed by atoms with Crippen molar-refractivity contribution >= 4 is 11.9 Å². The van der Waals surface area contributed by atoms with Crippen molar-refractivity contribution in [3.8, 4) is 0 Å². The van der Waals surface area contributed by atoms with Crippen LogP contribution in [0.1, 0.15) is 62.6 Å². The highest BCUT2D eigenvalue weighted by atomic mass is 19.1. The largest absolute Gasteiger partial charge is 0.356 e. The van der Waals surface area contributed by atoms with Gasteiger partial charge in [0, 0.05) is 26.1 Å². The zero-order chi connectivity index (χ0) is 18.9. The summed E-state index contributed by atoms with van der Waals surface area (Å²) in [4.78, 5) is 16.2. The average Bonchev–Trinajstić information content (AvgIpc) is 2.63. The molecule has 3 N–H and O–H groups in total. The summed E-state index contributed by atoms with van der Waals surface area (Å²) in [7, 11) is 1.68. The second kappa shape index (κ2) is 10.1. The SMILES string of the molecule is CN=C(NCCC(=O)NC1CCCCC1)NC(C)c1ccc(C)c(F)c1. The summed E-state index contributed by atoms with van der Waals surface area (Å²) in [6.45, 7) is 4.20. The van der Waals surface area contributed by atoms with Crippen LogP contribution in [-0.2, 0) is 4.79 Å². The van der Waals surface area contributed by atoms with Gasteiger partial charge >= 0.3 is 0 Å². The number of hydrogen-bond donors (Lipinski definition) is 3. The van der Waals surface area contributed by atoms with Crippen LogP contribution in [0.4, 0.5) is 4.39 Å². The zero-order valence-corrected chi connectivity index (χ0v) is 16.1. The van der Waals surface area contributed by atoms with Crippen LogP contribution in [0, 0.1) is 12.7 Å². The number of amides is 1. The summed E-state index contributed by atoms with van der Waals surface area (Å²) in [5.41, 5.74) is 1.48. The van der Waals surface area contributed by atoms with Crippen molar-refractivity contribution in [1.82, 2.24) is 16.0 Å². The van der Waals surface area contributed by atoms with Gasteiger partial charge in [-0.2, -0.15) is 0 Å². The van der Waals surface area contributed by atoms with Crippen molar-refractivity contribution in [3.63, 3.8) is 0 Å². The fraction of sp³-hybridized carbons (Fsp3) is 0.600. The van der Waals surface area contributed by atoms with Crippen molar-refractivity contribution in [3.05, 3.63) is 35.1 Å². The Morgan fingerprint density at radius 2 is 2.04 bits per heavy atom. The van der Waals surface area contributed by atoms with Crippen LogP contribution in [0.3, 0.4) is 0 Å². The minimum Gasteiger partial charge on any atom is -0.356 e. The molecular weight excluding hydrogens is 331 g/mol. The Bertz CT molecular complexity index is 626. The van der Waals surface area contributed by atoms with E-state index in [1.165, 1.54) is 25.3 Å². The van der Waals surface area contributed by atoms with Gasteiger partial charge in [-0.3, -0.25) is 9.79 Å². The fourth-order valence-electron chi connectivity index (χ4n) is 3.20. The third-order valence-electron chi connectivity index (χ3n) is 4.89. The van der Waals surface area contributed by atoms with Gasteiger partial charge in [0.2, 0.25) is 5.91 Å². The lowest BCUT2D eigenvalue weighted by Gasteiger charge is -2.23. The number of carbonyl (C=O) groups excluding carboxylic acids is 1. The Morgan fingerprint density at radius 1 is 1.31 bits per heavy atom. The molecule has 0 radical (unpaired) electrons. The number of rotatable bonds is 6. The summed E-state index contributed by atoms with van der Waals surface area (Å²) >= 11 is 0. The van der Waals surface area contributed by atoms with Gasteiger partial charge in [-0.1, -0.05) is 31.4 Å². The van der Waals surface area contributed by atoms with E-state index in [0.29, 0.717) is 30.5 Å². The third-order valence-corrected chi connectivity index (χ3v) is 4.89. The molecule has 1 aliphatic rings. The lowest BCUT2D eigenvalue weighted by Crippen LogP contribution is -2.42. The normalized spacial score (nSPS) is 16.8. The van der Waals surface area contributed by atoms with Crippen molar-refractivity contribution in [1.29, 1.82) is 0 Å². The van der Waals surface area contributed by atoms with E-state index in [0.717, 1.165) is 18.4 Å². The van der Waals surface area contributed by atoms with Crippen molar-refractivity contribution < 1.29 is 9.18 Å². The number of guanidine groups is 1. The van der Waals surface area contributed by atoms with Crippen LogP contribution < -0.4 is 16.0 Å². The maximum Gasteiger partial charge on any atom is 0.221 e. The number of nitrogens with zero attached hydrogens (tertiary/aromatic N) is 1. The monoisotopic (exact) mass is 362 g/mol. The molecule has 1 saturated carbocycles. The lowest BCUT2D eigenvalue weighted by molar-refractivity contribution is -0.121. The number of hydrogen-bond acceptors (Lipinski definition) is 2. The van der Waals surface area contributed by atoms with Gasteiger partial charge < -0.3 is 16.0 Å². The first-order chi connectivity index (χ1) is 12.5. The second-order valence-electron chi connectivity index (χ2n) is 7.03. The van der Waals surface area contributed by atoms with Crippen LogP contribution in [0.15, 0.2) is 23.2 Å². The van der Waals surface area contributed by atoms with E-state index in [4.69, 9.17) is 0 Å². The Morgan fingerprint density at radius 3 is 2.69 bits per heavy atom. The molecule has 6 heteroatoms. The highest BCUT2D eigenvalue weighted by molar-refractivity contribution is 5.81. The van der Waals surface area contributed by atoms with Crippen molar-refractivity contribution in [2.24, 2.45) is 4.99 Å². The minimum absolute atomic E-state index is 0.0773. The van der Waals surface area contributed by atoms with Gasteiger partial charge in [-0.25, -0.2) is 4.39 Å². The number of aryl methyl sites for hydroxylation is 1. The topological polar surface area (TPSA) is 65.5 Å². The van der Waals surface area contributed by atoms with Gasteiger partial charge in [0.15, 0.2) is 5.96 Å². The van der Waals surface area contributed by atoms with Crippen LogP contribution >= 0.6 is 0 Å². The first-order valence-corrected chi connectivity index (χ1v) is 9.52. The van der Waals surface area contributed by atoms with Crippen LogP contribution in [-0.4, -0.2) is 31.5 Å². The van der Waals surface area contributed by atoms with Gasteiger partial charge in [-0.05, 0) is 43.9 Å². The number of carbonyl (C=O) groups is 1. The van der Waals surface area contributed by atoms with E-state index in [1.807, 2.05) is 13.0 Å². The van der Waals surface area contributed by atoms with Gasteiger partial charge in [0.1, 0.15) is 5.82 Å².